The first kappa shape index (κ1) is 18.9. The van der Waals surface area contributed by atoms with Gasteiger partial charge in [-0.15, -0.1) is 0 Å². The van der Waals surface area contributed by atoms with Crippen LogP contribution in [0.15, 0.2) is 59.7 Å². The molecule has 148 valence electrons. The van der Waals surface area contributed by atoms with Gasteiger partial charge in [0.05, 0.1) is 18.8 Å². The smallest absolute Gasteiger partial charge is 0.255 e. The van der Waals surface area contributed by atoms with Gasteiger partial charge in [-0.05, 0) is 36.4 Å². The molecule has 1 aromatic carbocycles. The third kappa shape index (κ3) is 3.93. The molecule has 1 aliphatic heterocycles. The van der Waals surface area contributed by atoms with Crippen molar-refractivity contribution in [2.45, 2.75) is 6.10 Å². The number of morpholine rings is 1. The molecule has 0 saturated carbocycles. The van der Waals surface area contributed by atoms with Gasteiger partial charge in [0.15, 0.2) is 5.78 Å². The topological polar surface area (TPSA) is 77.3 Å². The summed E-state index contributed by atoms with van der Waals surface area (Å²) in [6, 6.07) is 10.4. The number of carbonyl (C=O) groups excluding carboxylic acids is 1. The summed E-state index contributed by atoms with van der Waals surface area (Å²) >= 11 is 0. The van der Waals surface area contributed by atoms with Gasteiger partial charge in [0.2, 0.25) is 5.95 Å². The standard InChI is InChI=1S/C21H19FN4O3/c1-25-19(27)12-17(14-6-8-23-9-7-14)24-21(25)26-10-11-29-18(13-26)20(28)15-2-4-16(22)5-3-15/h2-9,12,18H,10-11,13H2,1H3. The molecule has 1 unspecified atom stereocenters. The predicted molar refractivity (Wildman–Crippen MR) is 105 cm³/mol. The van der Waals surface area contributed by atoms with Gasteiger partial charge in [-0.1, -0.05) is 0 Å². The van der Waals surface area contributed by atoms with Crippen molar-refractivity contribution in [2.24, 2.45) is 7.05 Å². The molecule has 1 aliphatic rings. The molecule has 0 N–H and O–H groups in total. The van der Waals surface area contributed by atoms with E-state index in [0.717, 1.165) is 5.56 Å². The Morgan fingerprint density at radius 2 is 1.90 bits per heavy atom. The van der Waals surface area contributed by atoms with E-state index < -0.39 is 11.9 Å². The highest BCUT2D eigenvalue weighted by Gasteiger charge is 2.29. The molecule has 1 atom stereocenters. The zero-order valence-corrected chi connectivity index (χ0v) is 15.8. The number of halogens is 1. The van der Waals surface area contributed by atoms with E-state index >= 15 is 0 Å². The van der Waals surface area contributed by atoms with Crippen LogP contribution in [0, 0.1) is 5.82 Å². The summed E-state index contributed by atoms with van der Waals surface area (Å²) in [4.78, 5) is 35.8. The van der Waals surface area contributed by atoms with Crippen LogP contribution in [0.3, 0.4) is 0 Å². The van der Waals surface area contributed by atoms with Crippen molar-refractivity contribution in [2.75, 3.05) is 24.6 Å². The van der Waals surface area contributed by atoms with Crippen LogP contribution in [-0.2, 0) is 11.8 Å². The second-order valence-electron chi connectivity index (χ2n) is 6.75. The first-order valence-corrected chi connectivity index (χ1v) is 9.18. The van der Waals surface area contributed by atoms with Crippen molar-refractivity contribution in [3.8, 4) is 11.3 Å². The second-order valence-corrected chi connectivity index (χ2v) is 6.75. The summed E-state index contributed by atoms with van der Waals surface area (Å²) in [6.45, 7) is 1.05. The summed E-state index contributed by atoms with van der Waals surface area (Å²) in [5, 5.41) is 0. The number of hydrogen-bond donors (Lipinski definition) is 0. The van der Waals surface area contributed by atoms with Crippen molar-refractivity contribution >= 4 is 11.7 Å². The molecular weight excluding hydrogens is 375 g/mol. The van der Waals surface area contributed by atoms with Crippen LogP contribution >= 0.6 is 0 Å². The van der Waals surface area contributed by atoms with Crippen LogP contribution in [0.5, 0.6) is 0 Å². The fraction of sp³-hybridized carbons (Fsp3) is 0.238. The number of ether oxygens (including phenoxy) is 1. The van der Waals surface area contributed by atoms with Crippen molar-refractivity contribution < 1.29 is 13.9 Å². The molecule has 29 heavy (non-hydrogen) atoms. The average Bonchev–Trinajstić information content (AvgIpc) is 2.76. The predicted octanol–water partition coefficient (Wildman–Crippen LogP) is 2.07. The Morgan fingerprint density at radius 1 is 1.17 bits per heavy atom. The van der Waals surface area contributed by atoms with E-state index in [2.05, 4.69) is 9.97 Å². The maximum atomic E-state index is 13.1. The van der Waals surface area contributed by atoms with Gasteiger partial charge in [-0.2, -0.15) is 0 Å². The lowest BCUT2D eigenvalue weighted by molar-refractivity contribution is 0.0336. The summed E-state index contributed by atoms with van der Waals surface area (Å²) in [5.74, 6) is -0.172. The van der Waals surface area contributed by atoms with E-state index in [-0.39, 0.29) is 17.9 Å². The van der Waals surface area contributed by atoms with E-state index in [1.807, 2.05) is 4.90 Å². The van der Waals surface area contributed by atoms with Gasteiger partial charge in [-0.25, -0.2) is 9.37 Å². The molecule has 0 spiro atoms. The molecule has 0 radical (unpaired) electrons. The van der Waals surface area contributed by atoms with Gasteiger partial charge in [0.25, 0.3) is 5.56 Å². The van der Waals surface area contributed by atoms with Gasteiger partial charge in [-0.3, -0.25) is 19.1 Å². The fourth-order valence-corrected chi connectivity index (χ4v) is 3.27. The molecule has 0 aliphatic carbocycles. The Balaban J connectivity index is 1.63. The van der Waals surface area contributed by atoms with Crippen molar-refractivity contribution in [3.63, 3.8) is 0 Å². The number of aromatic nitrogens is 3. The molecular formula is C21H19FN4O3. The molecule has 0 bridgehead atoms. The molecule has 4 rings (SSSR count). The van der Waals surface area contributed by atoms with Crippen LogP contribution in [0.1, 0.15) is 10.4 Å². The number of pyridine rings is 1. The highest BCUT2D eigenvalue weighted by Crippen LogP contribution is 2.21. The lowest BCUT2D eigenvalue weighted by Crippen LogP contribution is -2.48. The maximum Gasteiger partial charge on any atom is 0.255 e. The third-order valence-corrected chi connectivity index (χ3v) is 4.86. The van der Waals surface area contributed by atoms with Crippen LogP contribution in [0.4, 0.5) is 10.3 Å². The van der Waals surface area contributed by atoms with E-state index in [4.69, 9.17) is 4.74 Å². The van der Waals surface area contributed by atoms with Crippen LogP contribution in [0.2, 0.25) is 0 Å². The number of hydrogen-bond acceptors (Lipinski definition) is 6. The monoisotopic (exact) mass is 394 g/mol. The summed E-state index contributed by atoms with van der Waals surface area (Å²) < 4.78 is 20.2. The number of Topliss-reactive ketones (excluding diaryl/α,β-unsaturated/α-hetero) is 1. The fourth-order valence-electron chi connectivity index (χ4n) is 3.27. The van der Waals surface area contributed by atoms with Crippen molar-refractivity contribution in [3.05, 3.63) is 76.6 Å². The number of benzene rings is 1. The first-order valence-electron chi connectivity index (χ1n) is 9.18. The number of nitrogens with zero attached hydrogens (tertiary/aromatic N) is 4. The average molecular weight is 394 g/mol. The van der Waals surface area contributed by atoms with Crippen molar-refractivity contribution in [1.82, 2.24) is 14.5 Å². The minimum absolute atomic E-state index is 0.199. The minimum Gasteiger partial charge on any atom is -0.366 e. The Hall–Kier alpha value is -3.39. The first-order chi connectivity index (χ1) is 14.0. The molecule has 2 aromatic heterocycles. The van der Waals surface area contributed by atoms with Crippen LogP contribution < -0.4 is 10.5 Å². The summed E-state index contributed by atoms with van der Waals surface area (Å²) in [5.41, 5.74) is 1.50. The van der Waals surface area contributed by atoms with Crippen LogP contribution in [-0.4, -0.2) is 46.1 Å². The third-order valence-electron chi connectivity index (χ3n) is 4.86. The van der Waals surface area contributed by atoms with Crippen LogP contribution in [0.25, 0.3) is 11.3 Å². The lowest BCUT2D eigenvalue weighted by Gasteiger charge is -2.33. The number of ketones is 1. The van der Waals surface area contributed by atoms with E-state index in [1.165, 1.54) is 34.9 Å². The molecule has 3 heterocycles. The zero-order valence-electron chi connectivity index (χ0n) is 15.8. The molecule has 7 nitrogen and oxygen atoms in total. The van der Waals surface area contributed by atoms with E-state index in [0.29, 0.717) is 30.4 Å². The summed E-state index contributed by atoms with van der Waals surface area (Å²) in [6.07, 6.45) is 2.55. The number of rotatable bonds is 4. The highest BCUT2D eigenvalue weighted by atomic mass is 19.1. The maximum absolute atomic E-state index is 13.1. The molecule has 0 amide bonds. The van der Waals surface area contributed by atoms with Gasteiger partial charge in [0.1, 0.15) is 11.9 Å². The zero-order chi connectivity index (χ0) is 20.4. The largest absolute Gasteiger partial charge is 0.366 e. The van der Waals surface area contributed by atoms with Gasteiger partial charge in [0, 0.05) is 43.2 Å². The van der Waals surface area contributed by atoms with Crippen molar-refractivity contribution in [1.29, 1.82) is 0 Å². The SMILES string of the molecule is Cn1c(N2CCOC(C(=O)c3ccc(F)cc3)C2)nc(-c2ccncc2)cc1=O. The molecule has 3 aromatic rings. The normalized spacial score (nSPS) is 16.6. The Bertz CT molecular complexity index is 1080. The molecule has 1 saturated heterocycles. The minimum atomic E-state index is -0.726. The van der Waals surface area contributed by atoms with Gasteiger partial charge < -0.3 is 9.64 Å². The molecule has 8 heteroatoms. The Labute approximate surface area is 166 Å². The quantitative estimate of drug-likeness (QED) is 0.631. The highest BCUT2D eigenvalue weighted by molar-refractivity contribution is 5.99. The Morgan fingerprint density at radius 3 is 2.62 bits per heavy atom. The second kappa shape index (κ2) is 7.92. The van der Waals surface area contributed by atoms with E-state index in [9.17, 15) is 14.0 Å². The lowest BCUT2D eigenvalue weighted by atomic mass is 10.0. The number of carbonyl (C=O) groups is 1. The Kier molecular flexibility index (Phi) is 5.18. The molecule has 1 fully saturated rings. The van der Waals surface area contributed by atoms with Gasteiger partial charge >= 0.3 is 0 Å². The van der Waals surface area contributed by atoms with E-state index in [1.54, 1.807) is 31.6 Å². The number of anilines is 1. The summed E-state index contributed by atoms with van der Waals surface area (Å²) in [7, 11) is 1.65.